The Kier molecular flexibility index (Phi) is 4.75. The number of rotatable bonds is 5. The quantitative estimate of drug-likeness (QED) is 0.711. The third-order valence-corrected chi connectivity index (χ3v) is 4.16. The number of hydrogen-bond donors (Lipinski definition) is 3. The van der Waals surface area contributed by atoms with Gasteiger partial charge in [-0.25, -0.2) is 9.07 Å². The predicted octanol–water partition coefficient (Wildman–Crippen LogP) is -0.104. The second-order valence-electron chi connectivity index (χ2n) is 5.94. The minimum atomic E-state index is -0.867. The van der Waals surface area contributed by atoms with Crippen LogP contribution >= 0.6 is 0 Å². The lowest BCUT2D eigenvalue weighted by atomic mass is 10.2. The van der Waals surface area contributed by atoms with Gasteiger partial charge in [-0.2, -0.15) is 0 Å². The van der Waals surface area contributed by atoms with Crippen LogP contribution in [0.5, 0.6) is 0 Å². The van der Waals surface area contributed by atoms with E-state index < -0.39 is 6.17 Å². The molecule has 1 fully saturated rings. The van der Waals surface area contributed by atoms with Gasteiger partial charge in [0.15, 0.2) is 0 Å². The minimum absolute atomic E-state index is 0.0555. The number of aryl methyl sites for hydroxylation is 1. The molecule has 7 nitrogen and oxygen atoms in total. The molecule has 3 N–H and O–H groups in total. The Morgan fingerprint density at radius 3 is 2.75 bits per heavy atom. The number of aromatic nitrogens is 2. The van der Waals surface area contributed by atoms with Gasteiger partial charge in [-0.1, -0.05) is 12.1 Å². The first-order valence-corrected chi connectivity index (χ1v) is 7.90. The number of benzene rings is 1. The lowest BCUT2D eigenvalue weighted by molar-refractivity contribution is -0.121. The molecular formula is C16H19FN4O3. The number of nitrogens with zero attached hydrogens (tertiary/aromatic N) is 1. The summed E-state index contributed by atoms with van der Waals surface area (Å²) >= 11 is 0. The number of carbonyl (C=O) groups excluding carboxylic acids is 1. The third-order valence-electron chi connectivity index (χ3n) is 4.16. The number of nitrogens with one attached hydrogen (secondary N) is 3. The molecule has 0 radical (unpaired) electrons. The molecule has 1 aromatic heterocycles. The molecular weight excluding hydrogens is 315 g/mol. The van der Waals surface area contributed by atoms with E-state index in [1.165, 1.54) is 0 Å². The maximum atomic E-state index is 13.0. The Balaban J connectivity index is 1.61. The van der Waals surface area contributed by atoms with E-state index in [1.807, 2.05) is 0 Å². The van der Waals surface area contributed by atoms with Crippen molar-refractivity contribution < 1.29 is 9.18 Å². The number of alkyl halides is 1. The van der Waals surface area contributed by atoms with Gasteiger partial charge < -0.3 is 10.6 Å². The van der Waals surface area contributed by atoms with Crippen molar-refractivity contribution in [3.8, 4) is 0 Å². The van der Waals surface area contributed by atoms with Crippen LogP contribution in [0.4, 0.5) is 4.39 Å². The molecule has 0 spiro atoms. The molecule has 1 aliphatic rings. The molecule has 1 amide bonds. The summed E-state index contributed by atoms with van der Waals surface area (Å²) in [6.45, 7) is 0.741. The SMILES string of the molecule is O=C(CCn1[nH]c(=O)c2ccccc2c1=O)NC[C@@H]1C[C@H](F)CN1. The maximum absolute atomic E-state index is 13.0. The number of aromatic amines is 1. The average molecular weight is 334 g/mol. The minimum Gasteiger partial charge on any atom is -0.354 e. The highest BCUT2D eigenvalue weighted by Gasteiger charge is 2.23. The number of fused-ring (bicyclic) bond motifs is 1. The largest absolute Gasteiger partial charge is 0.354 e. The highest BCUT2D eigenvalue weighted by molar-refractivity contribution is 5.80. The Bertz CT molecular complexity index is 860. The maximum Gasteiger partial charge on any atom is 0.273 e. The van der Waals surface area contributed by atoms with Crippen LogP contribution in [0.2, 0.25) is 0 Å². The molecule has 0 unspecified atom stereocenters. The number of halogens is 1. The summed E-state index contributed by atoms with van der Waals surface area (Å²) < 4.78 is 14.2. The zero-order valence-corrected chi connectivity index (χ0v) is 13.0. The number of carbonyl (C=O) groups is 1. The molecule has 24 heavy (non-hydrogen) atoms. The molecule has 2 atom stereocenters. The van der Waals surface area contributed by atoms with Gasteiger partial charge in [-0.15, -0.1) is 0 Å². The zero-order valence-electron chi connectivity index (χ0n) is 13.0. The second kappa shape index (κ2) is 6.96. The summed E-state index contributed by atoms with van der Waals surface area (Å²) in [7, 11) is 0. The summed E-state index contributed by atoms with van der Waals surface area (Å²) in [5, 5.41) is 8.83. The van der Waals surface area contributed by atoms with Gasteiger partial charge in [0.2, 0.25) is 5.91 Å². The second-order valence-corrected chi connectivity index (χ2v) is 5.94. The van der Waals surface area contributed by atoms with E-state index in [0.29, 0.717) is 30.3 Å². The van der Waals surface area contributed by atoms with Gasteiger partial charge in [-0.05, 0) is 18.6 Å². The molecule has 1 saturated heterocycles. The van der Waals surface area contributed by atoms with Crippen molar-refractivity contribution in [2.24, 2.45) is 0 Å². The van der Waals surface area contributed by atoms with Crippen molar-refractivity contribution >= 4 is 16.7 Å². The van der Waals surface area contributed by atoms with Crippen molar-refractivity contribution in [3.05, 3.63) is 45.0 Å². The van der Waals surface area contributed by atoms with Crippen LogP contribution in [0.15, 0.2) is 33.9 Å². The normalized spacial score (nSPS) is 20.4. The smallest absolute Gasteiger partial charge is 0.273 e. The van der Waals surface area contributed by atoms with Crippen molar-refractivity contribution in [1.29, 1.82) is 0 Å². The Hall–Kier alpha value is -2.48. The summed E-state index contributed by atoms with van der Waals surface area (Å²) in [6.07, 6.45) is -0.425. The molecule has 0 aliphatic carbocycles. The van der Waals surface area contributed by atoms with Gasteiger partial charge in [-0.3, -0.25) is 19.5 Å². The summed E-state index contributed by atoms with van der Waals surface area (Å²) in [4.78, 5) is 36.1. The number of H-pyrrole nitrogens is 1. The summed E-state index contributed by atoms with van der Waals surface area (Å²) in [5.41, 5.74) is -0.703. The fourth-order valence-corrected chi connectivity index (χ4v) is 2.87. The monoisotopic (exact) mass is 334 g/mol. The van der Waals surface area contributed by atoms with Crippen LogP contribution < -0.4 is 21.8 Å². The predicted molar refractivity (Wildman–Crippen MR) is 87.8 cm³/mol. The van der Waals surface area contributed by atoms with Crippen LogP contribution in [0.1, 0.15) is 12.8 Å². The molecule has 3 rings (SSSR count). The van der Waals surface area contributed by atoms with Gasteiger partial charge in [0.1, 0.15) is 6.17 Å². The van der Waals surface area contributed by atoms with E-state index in [4.69, 9.17) is 0 Å². The first kappa shape index (κ1) is 16.4. The molecule has 2 aromatic rings. The van der Waals surface area contributed by atoms with Gasteiger partial charge in [0, 0.05) is 25.6 Å². The van der Waals surface area contributed by atoms with Gasteiger partial charge in [0.05, 0.1) is 17.3 Å². The lowest BCUT2D eigenvalue weighted by Crippen LogP contribution is -2.38. The first-order chi connectivity index (χ1) is 11.5. The molecule has 128 valence electrons. The standard InChI is InChI=1S/C16H19FN4O3/c17-10-7-11(18-8-10)9-19-14(22)5-6-21-16(24)13-4-2-1-3-12(13)15(23)20-21/h1-4,10-11,18H,5-9H2,(H,19,22)(H,20,23)/t10-,11-/m0/s1. The number of amides is 1. The fraction of sp³-hybridized carbons (Fsp3) is 0.438. The van der Waals surface area contributed by atoms with Crippen molar-refractivity contribution in [2.75, 3.05) is 13.1 Å². The highest BCUT2D eigenvalue weighted by atomic mass is 19.1. The topological polar surface area (TPSA) is 96.0 Å². The van der Waals surface area contributed by atoms with E-state index in [9.17, 15) is 18.8 Å². The van der Waals surface area contributed by atoms with Crippen LogP contribution in [0, 0.1) is 0 Å². The van der Waals surface area contributed by atoms with E-state index in [1.54, 1.807) is 24.3 Å². The van der Waals surface area contributed by atoms with E-state index >= 15 is 0 Å². The summed E-state index contributed by atoms with van der Waals surface area (Å²) in [5.74, 6) is -0.250. The molecule has 1 aromatic carbocycles. The average Bonchev–Trinajstić information content (AvgIpc) is 3.00. The van der Waals surface area contributed by atoms with Crippen LogP contribution in [-0.4, -0.2) is 41.0 Å². The molecule has 1 aliphatic heterocycles. The Morgan fingerprint density at radius 1 is 1.29 bits per heavy atom. The van der Waals surface area contributed by atoms with Gasteiger partial charge >= 0.3 is 0 Å². The Morgan fingerprint density at radius 2 is 2.04 bits per heavy atom. The van der Waals surface area contributed by atoms with Gasteiger partial charge in [0.25, 0.3) is 11.1 Å². The van der Waals surface area contributed by atoms with Crippen molar-refractivity contribution in [2.45, 2.75) is 31.6 Å². The van der Waals surface area contributed by atoms with Crippen LogP contribution in [0.25, 0.3) is 10.8 Å². The first-order valence-electron chi connectivity index (χ1n) is 7.90. The summed E-state index contributed by atoms with van der Waals surface area (Å²) in [6, 6.07) is 6.48. The van der Waals surface area contributed by atoms with E-state index in [-0.39, 0.29) is 36.0 Å². The third kappa shape index (κ3) is 3.53. The number of hydrogen-bond acceptors (Lipinski definition) is 4. The van der Waals surface area contributed by atoms with Crippen molar-refractivity contribution in [3.63, 3.8) is 0 Å². The highest BCUT2D eigenvalue weighted by Crippen LogP contribution is 2.08. The lowest BCUT2D eigenvalue weighted by Gasteiger charge is -2.12. The molecule has 0 saturated carbocycles. The molecule has 2 heterocycles. The van der Waals surface area contributed by atoms with Crippen molar-refractivity contribution in [1.82, 2.24) is 20.4 Å². The zero-order chi connectivity index (χ0) is 17.1. The fourth-order valence-electron chi connectivity index (χ4n) is 2.87. The van der Waals surface area contributed by atoms with Crippen LogP contribution in [0.3, 0.4) is 0 Å². The molecule has 8 heteroatoms. The molecule has 0 bridgehead atoms. The van der Waals surface area contributed by atoms with E-state index in [2.05, 4.69) is 15.7 Å². The van der Waals surface area contributed by atoms with E-state index in [0.717, 1.165) is 4.68 Å². The Labute approximate surface area is 136 Å². The van der Waals surface area contributed by atoms with Crippen LogP contribution in [-0.2, 0) is 11.3 Å².